The van der Waals surface area contributed by atoms with E-state index in [0.717, 1.165) is 86.2 Å². The van der Waals surface area contributed by atoms with Crippen LogP contribution in [0.3, 0.4) is 0 Å². The molecule has 1 saturated heterocycles. The minimum atomic E-state index is 0.142. The SMILES string of the molecule is CCCCNc1nccc(CN2CCN(c3cccc4[nH]c(-c5ccc(C(C)(C)C)cc5)nc34)CC2)n1. The number of anilines is 2. The molecule has 2 N–H and O–H groups in total. The summed E-state index contributed by atoms with van der Waals surface area (Å²) in [6, 6.07) is 17.2. The highest BCUT2D eigenvalue weighted by Crippen LogP contribution is 2.30. The summed E-state index contributed by atoms with van der Waals surface area (Å²) in [6.07, 6.45) is 4.15. The van der Waals surface area contributed by atoms with Crippen LogP contribution in [0.4, 0.5) is 11.6 Å². The van der Waals surface area contributed by atoms with Crippen molar-refractivity contribution in [3.63, 3.8) is 0 Å². The fourth-order valence-corrected chi connectivity index (χ4v) is 4.86. The van der Waals surface area contributed by atoms with E-state index >= 15 is 0 Å². The van der Waals surface area contributed by atoms with E-state index in [1.165, 1.54) is 11.3 Å². The van der Waals surface area contributed by atoms with Gasteiger partial charge in [-0.25, -0.2) is 15.0 Å². The zero-order valence-corrected chi connectivity index (χ0v) is 22.6. The van der Waals surface area contributed by atoms with Crippen LogP contribution in [0.5, 0.6) is 0 Å². The molecule has 0 aliphatic carbocycles. The van der Waals surface area contributed by atoms with Crippen LogP contribution in [0.2, 0.25) is 0 Å². The van der Waals surface area contributed by atoms with Gasteiger partial charge >= 0.3 is 0 Å². The maximum atomic E-state index is 5.04. The largest absolute Gasteiger partial charge is 0.367 e. The Morgan fingerprint density at radius 1 is 0.946 bits per heavy atom. The molecule has 2 aromatic heterocycles. The quantitative estimate of drug-likeness (QED) is 0.298. The van der Waals surface area contributed by atoms with E-state index in [2.05, 4.69) is 95.2 Å². The lowest BCUT2D eigenvalue weighted by Crippen LogP contribution is -2.46. The molecule has 1 fully saturated rings. The smallest absolute Gasteiger partial charge is 0.222 e. The molecule has 0 unspecified atom stereocenters. The second-order valence-corrected chi connectivity index (χ2v) is 11.0. The third kappa shape index (κ3) is 5.93. The van der Waals surface area contributed by atoms with E-state index in [1.54, 1.807) is 0 Å². The van der Waals surface area contributed by atoms with Gasteiger partial charge in [0.25, 0.3) is 0 Å². The molecule has 7 nitrogen and oxygen atoms in total. The summed E-state index contributed by atoms with van der Waals surface area (Å²) < 4.78 is 0. The molecule has 0 amide bonds. The van der Waals surface area contributed by atoms with Crippen molar-refractivity contribution in [3.8, 4) is 11.4 Å². The maximum absolute atomic E-state index is 5.04. The highest BCUT2D eigenvalue weighted by atomic mass is 15.3. The van der Waals surface area contributed by atoms with Crippen molar-refractivity contribution >= 4 is 22.7 Å². The normalized spacial score (nSPS) is 14.9. The van der Waals surface area contributed by atoms with Crippen molar-refractivity contribution in [1.82, 2.24) is 24.8 Å². The zero-order chi connectivity index (χ0) is 25.8. The molecule has 0 saturated carbocycles. The molecule has 7 heteroatoms. The molecule has 1 aliphatic rings. The Kier molecular flexibility index (Phi) is 7.42. The number of H-pyrrole nitrogens is 1. The summed E-state index contributed by atoms with van der Waals surface area (Å²) in [5, 5.41) is 3.33. The van der Waals surface area contributed by atoms with Gasteiger partial charge in [-0.15, -0.1) is 0 Å². The molecule has 0 bridgehead atoms. The van der Waals surface area contributed by atoms with E-state index in [4.69, 9.17) is 9.97 Å². The average Bonchev–Trinajstić information content (AvgIpc) is 3.34. The third-order valence-electron chi connectivity index (χ3n) is 7.14. The van der Waals surface area contributed by atoms with Crippen LogP contribution in [0.25, 0.3) is 22.4 Å². The van der Waals surface area contributed by atoms with E-state index < -0.39 is 0 Å². The number of aromatic nitrogens is 4. The number of imidazole rings is 1. The Balaban J connectivity index is 1.25. The number of nitrogens with zero attached hydrogens (tertiary/aromatic N) is 5. The number of piperazine rings is 1. The van der Waals surface area contributed by atoms with Gasteiger partial charge in [0.1, 0.15) is 11.3 Å². The molecule has 3 heterocycles. The molecular formula is C30H39N7. The first-order valence-corrected chi connectivity index (χ1v) is 13.5. The molecule has 37 heavy (non-hydrogen) atoms. The van der Waals surface area contributed by atoms with E-state index in [0.29, 0.717) is 0 Å². The minimum Gasteiger partial charge on any atom is -0.367 e. The topological polar surface area (TPSA) is 73.0 Å². The number of aromatic amines is 1. The summed E-state index contributed by atoms with van der Waals surface area (Å²) in [5.74, 6) is 1.66. The van der Waals surface area contributed by atoms with Gasteiger partial charge in [-0.1, -0.05) is 64.4 Å². The molecule has 0 radical (unpaired) electrons. The van der Waals surface area contributed by atoms with E-state index in [-0.39, 0.29) is 5.41 Å². The zero-order valence-electron chi connectivity index (χ0n) is 22.6. The Morgan fingerprint density at radius 3 is 2.46 bits per heavy atom. The van der Waals surface area contributed by atoms with Gasteiger partial charge in [-0.2, -0.15) is 0 Å². The van der Waals surface area contributed by atoms with E-state index in [9.17, 15) is 0 Å². The van der Waals surface area contributed by atoms with Gasteiger partial charge < -0.3 is 15.2 Å². The lowest BCUT2D eigenvalue weighted by Gasteiger charge is -2.36. The fourth-order valence-electron chi connectivity index (χ4n) is 4.86. The first-order valence-electron chi connectivity index (χ1n) is 13.5. The van der Waals surface area contributed by atoms with Crippen molar-refractivity contribution < 1.29 is 0 Å². The number of para-hydroxylation sites is 1. The number of nitrogens with one attached hydrogen (secondary N) is 2. The summed E-state index contributed by atoms with van der Waals surface area (Å²) in [4.78, 5) is 22.6. The highest BCUT2D eigenvalue weighted by Gasteiger charge is 2.21. The van der Waals surface area contributed by atoms with Crippen molar-refractivity contribution in [2.45, 2.75) is 52.5 Å². The Hall–Kier alpha value is -3.45. The fraction of sp³-hybridized carbons (Fsp3) is 0.433. The lowest BCUT2D eigenvalue weighted by molar-refractivity contribution is 0.247. The standard InChI is InChI=1S/C30H39N7/c1-5-6-15-31-29-32-16-14-24(33-29)21-36-17-19-37(20-18-36)26-9-7-8-25-27(26)35-28(34-25)22-10-12-23(13-11-22)30(2,3)4/h7-14,16H,5-6,15,17-21H2,1-4H3,(H,34,35)(H,31,32,33). The van der Waals surface area contributed by atoms with Crippen LogP contribution in [0.15, 0.2) is 54.7 Å². The maximum Gasteiger partial charge on any atom is 0.222 e. The van der Waals surface area contributed by atoms with Crippen molar-refractivity contribution in [3.05, 3.63) is 66.0 Å². The van der Waals surface area contributed by atoms with Crippen LogP contribution in [-0.4, -0.2) is 57.6 Å². The second kappa shape index (κ2) is 10.9. The van der Waals surface area contributed by atoms with Crippen LogP contribution in [0, 0.1) is 0 Å². The summed E-state index contributed by atoms with van der Waals surface area (Å²) in [7, 11) is 0. The number of unbranched alkanes of at least 4 members (excludes halogenated alkanes) is 1. The molecule has 0 atom stereocenters. The molecule has 194 valence electrons. The Morgan fingerprint density at radius 2 is 1.73 bits per heavy atom. The molecular weight excluding hydrogens is 458 g/mol. The molecule has 4 aromatic rings. The lowest BCUT2D eigenvalue weighted by atomic mass is 9.87. The molecule has 1 aliphatic heterocycles. The Labute approximate surface area is 220 Å². The van der Waals surface area contributed by atoms with Crippen molar-refractivity contribution in [1.29, 1.82) is 0 Å². The van der Waals surface area contributed by atoms with Gasteiger partial charge in [0, 0.05) is 51.0 Å². The molecule has 5 rings (SSSR count). The van der Waals surface area contributed by atoms with E-state index in [1.807, 2.05) is 12.3 Å². The Bertz CT molecular complexity index is 1310. The van der Waals surface area contributed by atoms with Gasteiger partial charge in [-0.3, -0.25) is 4.90 Å². The number of fused-ring (bicyclic) bond motifs is 1. The van der Waals surface area contributed by atoms with Crippen LogP contribution < -0.4 is 10.2 Å². The van der Waals surface area contributed by atoms with Crippen molar-refractivity contribution in [2.24, 2.45) is 0 Å². The molecule has 2 aromatic carbocycles. The number of rotatable bonds is 8. The van der Waals surface area contributed by atoms with Gasteiger partial charge in [0.05, 0.1) is 16.9 Å². The van der Waals surface area contributed by atoms with Crippen LogP contribution in [-0.2, 0) is 12.0 Å². The first kappa shape index (κ1) is 25.2. The third-order valence-corrected chi connectivity index (χ3v) is 7.14. The van der Waals surface area contributed by atoms with Gasteiger partial charge in [0.2, 0.25) is 5.95 Å². The number of benzene rings is 2. The van der Waals surface area contributed by atoms with Crippen molar-refractivity contribution in [2.75, 3.05) is 42.9 Å². The van der Waals surface area contributed by atoms with Gasteiger partial charge in [0.15, 0.2) is 0 Å². The number of hydrogen-bond donors (Lipinski definition) is 2. The predicted octanol–water partition coefficient (Wildman–Crippen LogP) is 5.85. The first-order chi connectivity index (χ1) is 17.9. The average molecular weight is 498 g/mol. The number of hydrogen-bond acceptors (Lipinski definition) is 6. The van der Waals surface area contributed by atoms with Crippen LogP contribution >= 0.6 is 0 Å². The summed E-state index contributed by atoms with van der Waals surface area (Å²) in [5.41, 5.74) is 6.99. The van der Waals surface area contributed by atoms with Crippen LogP contribution in [0.1, 0.15) is 51.8 Å². The highest BCUT2D eigenvalue weighted by molar-refractivity contribution is 5.91. The second-order valence-electron chi connectivity index (χ2n) is 11.0. The summed E-state index contributed by atoms with van der Waals surface area (Å²) in [6.45, 7) is 14.6. The predicted molar refractivity (Wildman–Crippen MR) is 153 cm³/mol. The monoisotopic (exact) mass is 497 g/mol. The molecule has 0 spiro atoms. The summed E-state index contributed by atoms with van der Waals surface area (Å²) >= 11 is 0. The minimum absolute atomic E-state index is 0.142. The van der Waals surface area contributed by atoms with Gasteiger partial charge in [-0.05, 0) is 35.6 Å².